The van der Waals surface area contributed by atoms with Gasteiger partial charge in [0.1, 0.15) is 0 Å². The Kier molecular flexibility index (Phi) is 1.17. The van der Waals surface area contributed by atoms with Crippen molar-refractivity contribution in [2.45, 2.75) is 39.2 Å². The first-order valence-electron chi connectivity index (χ1n) is 4.38. The van der Waals surface area contributed by atoms with Crippen LogP contribution in [0.2, 0.25) is 0 Å². The topological polar surface area (TPSA) is 26.0 Å². The van der Waals surface area contributed by atoms with E-state index in [1.165, 1.54) is 19.3 Å². The Morgan fingerprint density at radius 3 is 2.20 bits per heavy atom. The maximum absolute atomic E-state index is 6.00. The number of hydrogen-bond donors (Lipinski definition) is 1. The largest absolute Gasteiger partial charge is 0.327 e. The minimum absolute atomic E-state index is 0.522. The van der Waals surface area contributed by atoms with Gasteiger partial charge in [-0.15, -0.1) is 0 Å². The summed E-state index contributed by atoms with van der Waals surface area (Å²) in [6, 6.07) is 0.522. The summed E-state index contributed by atoms with van der Waals surface area (Å²) in [5.41, 5.74) is 6.56. The summed E-state index contributed by atoms with van der Waals surface area (Å²) in [7, 11) is 0. The van der Waals surface area contributed by atoms with Crippen molar-refractivity contribution in [3.05, 3.63) is 0 Å². The monoisotopic (exact) mass is 139 g/mol. The quantitative estimate of drug-likeness (QED) is 0.544. The molecule has 2 aliphatic rings. The van der Waals surface area contributed by atoms with Crippen molar-refractivity contribution in [2.75, 3.05) is 0 Å². The van der Waals surface area contributed by atoms with Gasteiger partial charge in [0.2, 0.25) is 0 Å². The molecule has 0 saturated heterocycles. The van der Waals surface area contributed by atoms with Crippen molar-refractivity contribution >= 4 is 0 Å². The fourth-order valence-electron chi connectivity index (χ4n) is 3.11. The molecular weight excluding hydrogens is 122 g/mol. The van der Waals surface area contributed by atoms with Crippen LogP contribution in [0, 0.1) is 17.3 Å². The normalized spacial score (nSPS) is 50.1. The molecule has 2 rings (SSSR count). The van der Waals surface area contributed by atoms with Crippen molar-refractivity contribution < 1.29 is 0 Å². The van der Waals surface area contributed by atoms with Gasteiger partial charge in [0.05, 0.1) is 0 Å². The van der Waals surface area contributed by atoms with Gasteiger partial charge in [-0.25, -0.2) is 0 Å². The maximum atomic E-state index is 6.00. The van der Waals surface area contributed by atoms with E-state index < -0.39 is 0 Å². The van der Waals surface area contributed by atoms with Gasteiger partial charge in [-0.2, -0.15) is 0 Å². The van der Waals surface area contributed by atoms with Crippen LogP contribution in [0.3, 0.4) is 0 Å². The number of nitrogens with two attached hydrogens (primary N) is 1. The van der Waals surface area contributed by atoms with Crippen molar-refractivity contribution in [3.63, 3.8) is 0 Å². The third kappa shape index (κ3) is 0.619. The van der Waals surface area contributed by atoms with E-state index in [-0.39, 0.29) is 0 Å². The fourth-order valence-corrected chi connectivity index (χ4v) is 3.11. The van der Waals surface area contributed by atoms with Gasteiger partial charge in [0.15, 0.2) is 0 Å². The van der Waals surface area contributed by atoms with Crippen LogP contribution in [0.4, 0.5) is 0 Å². The van der Waals surface area contributed by atoms with Gasteiger partial charge in [0, 0.05) is 6.04 Å². The summed E-state index contributed by atoms with van der Waals surface area (Å²) < 4.78 is 0. The molecule has 2 saturated carbocycles. The number of hydrogen-bond acceptors (Lipinski definition) is 1. The van der Waals surface area contributed by atoms with Gasteiger partial charge in [-0.3, -0.25) is 0 Å². The lowest BCUT2D eigenvalue weighted by molar-refractivity contribution is 0.253. The zero-order valence-electron chi connectivity index (χ0n) is 6.93. The second-order valence-corrected chi connectivity index (χ2v) is 4.60. The molecule has 2 fully saturated rings. The first-order chi connectivity index (χ1) is 4.62. The SMILES string of the molecule is CC1(C)[C@H]2CC[C@@H]1C(N)C2. The molecule has 0 aromatic carbocycles. The van der Waals surface area contributed by atoms with E-state index in [2.05, 4.69) is 13.8 Å². The van der Waals surface area contributed by atoms with E-state index in [1.807, 2.05) is 0 Å². The predicted octanol–water partition coefficient (Wildman–Crippen LogP) is 1.77. The minimum Gasteiger partial charge on any atom is -0.327 e. The van der Waals surface area contributed by atoms with E-state index in [9.17, 15) is 0 Å². The molecule has 3 atom stereocenters. The second-order valence-electron chi connectivity index (χ2n) is 4.60. The zero-order valence-corrected chi connectivity index (χ0v) is 6.93. The van der Waals surface area contributed by atoms with Crippen LogP contribution in [-0.4, -0.2) is 6.04 Å². The molecular formula is C9H17N. The van der Waals surface area contributed by atoms with E-state index in [1.54, 1.807) is 0 Å². The van der Waals surface area contributed by atoms with Gasteiger partial charge < -0.3 is 5.73 Å². The number of fused-ring (bicyclic) bond motifs is 2. The van der Waals surface area contributed by atoms with Crippen molar-refractivity contribution in [2.24, 2.45) is 23.0 Å². The molecule has 2 bridgehead atoms. The van der Waals surface area contributed by atoms with Crippen LogP contribution >= 0.6 is 0 Å². The molecule has 1 unspecified atom stereocenters. The second kappa shape index (κ2) is 1.76. The van der Waals surface area contributed by atoms with Crippen LogP contribution < -0.4 is 5.73 Å². The molecule has 1 nitrogen and oxygen atoms in total. The van der Waals surface area contributed by atoms with E-state index in [0.29, 0.717) is 11.5 Å². The van der Waals surface area contributed by atoms with Gasteiger partial charge in [0.25, 0.3) is 0 Å². The molecule has 0 heterocycles. The molecule has 58 valence electrons. The third-order valence-electron chi connectivity index (χ3n) is 3.91. The summed E-state index contributed by atoms with van der Waals surface area (Å²) in [5.74, 6) is 1.77. The molecule has 0 aromatic heterocycles. The van der Waals surface area contributed by atoms with Crippen LogP contribution in [0.5, 0.6) is 0 Å². The average molecular weight is 139 g/mol. The predicted molar refractivity (Wildman–Crippen MR) is 42.6 cm³/mol. The Morgan fingerprint density at radius 2 is 2.00 bits per heavy atom. The standard InChI is InChI=1S/C9H17N/c1-9(2)6-3-4-7(9)8(10)5-6/h6-8H,3-5,10H2,1-2H3/t6-,7+,8?/m0/s1. The summed E-state index contributed by atoms with van der Waals surface area (Å²) in [4.78, 5) is 0. The molecule has 0 radical (unpaired) electrons. The molecule has 0 amide bonds. The van der Waals surface area contributed by atoms with Crippen LogP contribution in [0.15, 0.2) is 0 Å². The lowest BCUT2D eigenvalue weighted by Crippen LogP contribution is -2.29. The molecule has 2 N–H and O–H groups in total. The lowest BCUT2D eigenvalue weighted by Gasteiger charge is -2.24. The van der Waals surface area contributed by atoms with Crippen molar-refractivity contribution in [1.82, 2.24) is 0 Å². The van der Waals surface area contributed by atoms with Crippen molar-refractivity contribution in [1.29, 1.82) is 0 Å². The Bertz CT molecular complexity index is 151. The molecule has 1 heteroatoms. The summed E-state index contributed by atoms with van der Waals surface area (Å²) in [6.45, 7) is 4.78. The highest BCUT2D eigenvalue weighted by Gasteiger charge is 2.51. The fraction of sp³-hybridized carbons (Fsp3) is 1.00. The highest BCUT2D eigenvalue weighted by atomic mass is 14.7. The first-order valence-corrected chi connectivity index (χ1v) is 4.38. The molecule has 10 heavy (non-hydrogen) atoms. The zero-order chi connectivity index (χ0) is 7.35. The Morgan fingerprint density at radius 1 is 1.30 bits per heavy atom. The third-order valence-corrected chi connectivity index (χ3v) is 3.91. The summed E-state index contributed by atoms with van der Waals surface area (Å²) in [6.07, 6.45) is 4.11. The molecule has 0 spiro atoms. The van der Waals surface area contributed by atoms with Gasteiger partial charge in [-0.1, -0.05) is 13.8 Å². The van der Waals surface area contributed by atoms with E-state index in [4.69, 9.17) is 5.73 Å². The first kappa shape index (κ1) is 6.66. The Hall–Kier alpha value is -0.0400. The average Bonchev–Trinajstić information content (AvgIpc) is 2.20. The Balaban J connectivity index is 2.27. The van der Waals surface area contributed by atoms with Crippen molar-refractivity contribution in [3.8, 4) is 0 Å². The lowest BCUT2D eigenvalue weighted by atomic mass is 9.82. The summed E-state index contributed by atoms with van der Waals surface area (Å²) >= 11 is 0. The minimum atomic E-state index is 0.522. The van der Waals surface area contributed by atoms with Crippen LogP contribution in [0.25, 0.3) is 0 Å². The molecule has 2 aliphatic carbocycles. The van der Waals surface area contributed by atoms with E-state index >= 15 is 0 Å². The van der Waals surface area contributed by atoms with Gasteiger partial charge in [-0.05, 0) is 36.5 Å². The van der Waals surface area contributed by atoms with Gasteiger partial charge >= 0.3 is 0 Å². The van der Waals surface area contributed by atoms with E-state index in [0.717, 1.165) is 11.8 Å². The summed E-state index contributed by atoms with van der Waals surface area (Å²) in [5, 5.41) is 0. The van der Waals surface area contributed by atoms with Crippen LogP contribution in [-0.2, 0) is 0 Å². The maximum Gasteiger partial charge on any atom is 0.00752 e. The number of rotatable bonds is 0. The Labute approximate surface area is 63.0 Å². The highest BCUT2D eigenvalue weighted by Crippen LogP contribution is 2.56. The molecule has 0 aromatic rings. The smallest absolute Gasteiger partial charge is 0.00752 e. The molecule has 0 aliphatic heterocycles. The van der Waals surface area contributed by atoms with Crippen LogP contribution in [0.1, 0.15) is 33.1 Å². The highest BCUT2D eigenvalue weighted by molar-refractivity contribution is 5.03.